The van der Waals surface area contributed by atoms with Gasteiger partial charge in [0.05, 0.1) is 17.6 Å². The molecule has 0 aliphatic carbocycles. The van der Waals surface area contributed by atoms with Gasteiger partial charge in [0, 0.05) is 33.1 Å². The van der Waals surface area contributed by atoms with Crippen LogP contribution < -0.4 is 0 Å². The Bertz CT molecular complexity index is 401. The highest BCUT2D eigenvalue weighted by molar-refractivity contribution is 7.89. The zero-order valence-electron chi connectivity index (χ0n) is 11.2. The summed E-state index contributed by atoms with van der Waals surface area (Å²) in [5.41, 5.74) is 0. The highest BCUT2D eigenvalue weighted by Gasteiger charge is 2.23. The lowest BCUT2D eigenvalue weighted by atomic mass is 10.5. The van der Waals surface area contributed by atoms with Crippen molar-refractivity contribution in [1.82, 2.24) is 14.2 Å². The Hall–Kier alpha value is -0.930. The molecule has 0 spiro atoms. The number of nitrogens with zero attached hydrogens (tertiary/aromatic N) is 4. The zero-order chi connectivity index (χ0) is 15.1. The number of hydrogen-bond donors (Lipinski definition) is 0. The van der Waals surface area contributed by atoms with Crippen LogP contribution >= 0.6 is 11.6 Å². The Morgan fingerprint density at radius 2 is 1.84 bits per heavy atom. The van der Waals surface area contributed by atoms with Crippen molar-refractivity contribution in [3.8, 4) is 0 Å². The van der Waals surface area contributed by atoms with Crippen molar-refractivity contribution in [1.29, 1.82) is 0 Å². The van der Waals surface area contributed by atoms with Crippen molar-refractivity contribution in [3.05, 3.63) is 4.91 Å². The molecule has 0 saturated heterocycles. The van der Waals surface area contributed by atoms with Gasteiger partial charge in [0.25, 0.3) is 0 Å². The van der Waals surface area contributed by atoms with Crippen LogP contribution in [0.1, 0.15) is 6.92 Å². The molecule has 0 saturated carbocycles. The number of carbonyl (C=O) groups is 1. The monoisotopic (exact) mass is 314 g/mol. The van der Waals surface area contributed by atoms with Gasteiger partial charge in [0.1, 0.15) is 0 Å². The molecule has 0 unspecified atom stereocenters. The number of halogens is 1. The second-order valence-corrected chi connectivity index (χ2v) is 6.53. The number of hydrogen-bond acceptors (Lipinski definition) is 5. The van der Waals surface area contributed by atoms with Gasteiger partial charge in [0.2, 0.25) is 10.0 Å². The predicted octanol–water partition coefficient (Wildman–Crippen LogP) is 0.542. The third-order valence-corrected chi connectivity index (χ3v) is 4.42. The second-order valence-electron chi connectivity index (χ2n) is 3.85. The van der Waals surface area contributed by atoms with Crippen molar-refractivity contribution >= 4 is 27.7 Å². The summed E-state index contributed by atoms with van der Waals surface area (Å²) < 4.78 is 24.3. The molecule has 112 valence electrons. The first kappa shape index (κ1) is 18.1. The van der Waals surface area contributed by atoms with E-state index in [-0.39, 0.29) is 31.3 Å². The van der Waals surface area contributed by atoms with Crippen molar-refractivity contribution < 1.29 is 13.2 Å². The van der Waals surface area contributed by atoms with E-state index in [0.717, 1.165) is 4.31 Å². The molecule has 0 heterocycles. The first-order valence-corrected chi connectivity index (χ1v) is 7.80. The van der Waals surface area contributed by atoms with Gasteiger partial charge in [-0.25, -0.2) is 17.5 Å². The number of rotatable bonds is 8. The molecular weight excluding hydrogens is 296 g/mol. The molecule has 0 atom stereocenters. The van der Waals surface area contributed by atoms with Crippen LogP contribution in [-0.2, 0) is 10.0 Å². The maximum Gasteiger partial charge on any atom is 0.343 e. The van der Waals surface area contributed by atoms with Crippen LogP contribution in [0.25, 0.3) is 0 Å². The number of carbonyl (C=O) groups excluding carboxylic acids is 1. The van der Waals surface area contributed by atoms with Gasteiger partial charge in [-0.15, -0.1) is 16.5 Å². The van der Waals surface area contributed by atoms with E-state index < -0.39 is 16.1 Å². The van der Waals surface area contributed by atoms with E-state index >= 15 is 0 Å². The molecule has 0 aromatic carbocycles. The minimum Gasteiger partial charge on any atom is -0.322 e. The zero-order valence-corrected chi connectivity index (χ0v) is 12.8. The van der Waals surface area contributed by atoms with E-state index in [1.807, 2.05) is 0 Å². The van der Waals surface area contributed by atoms with Crippen LogP contribution in [0.3, 0.4) is 0 Å². The smallest absolute Gasteiger partial charge is 0.322 e. The minimum atomic E-state index is -3.40. The van der Waals surface area contributed by atoms with Crippen LogP contribution in [0.4, 0.5) is 4.79 Å². The summed E-state index contributed by atoms with van der Waals surface area (Å²) in [6.07, 6.45) is 0. The van der Waals surface area contributed by atoms with Crippen LogP contribution in [-0.4, -0.2) is 74.0 Å². The van der Waals surface area contributed by atoms with Gasteiger partial charge < -0.3 is 4.90 Å². The standard InChI is InChI=1S/C9H19ClN4O4S/c1-4-13(7-8-19(17,18)12(2)3)9(15)14(11-16)6-5-10/h4-8H2,1-3H3. The van der Waals surface area contributed by atoms with Gasteiger partial charge in [-0.1, -0.05) is 0 Å². The average molecular weight is 315 g/mol. The number of alkyl halides is 1. The maximum absolute atomic E-state index is 11.9. The molecule has 0 aliphatic heterocycles. The van der Waals surface area contributed by atoms with E-state index in [9.17, 15) is 18.1 Å². The van der Waals surface area contributed by atoms with Gasteiger partial charge in [-0.2, -0.15) is 5.01 Å². The first-order chi connectivity index (χ1) is 8.80. The highest BCUT2D eigenvalue weighted by atomic mass is 35.5. The van der Waals surface area contributed by atoms with E-state index in [1.54, 1.807) is 6.92 Å². The summed E-state index contributed by atoms with van der Waals surface area (Å²) >= 11 is 5.44. The third kappa shape index (κ3) is 5.70. The topological polar surface area (TPSA) is 90.4 Å². The normalized spacial score (nSPS) is 11.4. The van der Waals surface area contributed by atoms with Gasteiger partial charge in [0.15, 0.2) is 0 Å². The fourth-order valence-electron chi connectivity index (χ4n) is 1.21. The van der Waals surface area contributed by atoms with E-state index in [2.05, 4.69) is 5.29 Å². The average Bonchev–Trinajstić information content (AvgIpc) is 2.36. The second kappa shape index (κ2) is 8.28. The Kier molecular flexibility index (Phi) is 7.88. The Labute approximate surface area is 118 Å². The summed E-state index contributed by atoms with van der Waals surface area (Å²) in [6.45, 7) is 1.94. The molecule has 10 heteroatoms. The quantitative estimate of drug-likeness (QED) is 0.371. The fraction of sp³-hybridized carbons (Fsp3) is 0.889. The lowest BCUT2D eigenvalue weighted by Crippen LogP contribution is -2.44. The maximum atomic E-state index is 11.9. The van der Waals surface area contributed by atoms with E-state index in [0.29, 0.717) is 5.01 Å². The van der Waals surface area contributed by atoms with Crippen molar-refractivity contribution in [2.75, 3.05) is 45.4 Å². The lowest BCUT2D eigenvalue weighted by Gasteiger charge is -2.24. The van der Waals surface area contributed by atoms with Crippen molar-refractivity contribution in [3.63, 3.8) is 0 Å². The van der Waals surface area contributed by atoms with E-state index in [1.165, 1.54) is 19.0 Å². The minimum absolute atomic E-state index is 0.00977. The third-order valence-electron chi connectivity index (χ3n) is 2.44. The summed E-state index contributed by atoms with van der Waals surface area (Å²) in [5.74, 6) is -0.141. The van der Waals surface area contributed by atoms with Crippen LogP contribution in [0.15, 0.2) is 5.29 Å². The van der Waals surface area contributed by atoms with Gasteiger partial charge in [-0.3, -0.25) is 0 Å². The number of amides is 2. The Morgan fingerprint density at radius 1 is 1.26 bits per heavy atom. The molecule has 0 N–H and O–H groups in total. The molecule has 0 aliphatic rings. The van der Waals surface area contributed by atoms with Crippen LogP contribution in [0.2, 0.25) is 0 Å². The summed E-state index contributed by atoms with van der Waals surface area (Å²) in [7, 11) is -0.562. The SMILES string of the molecule is CCN(CCS(=O)(=O)N(C)C)C(=O)N(CCCl)N=O. The molecular formula is C9H19ClN4O4S. The summed E-state index contributed by atoms with van der Waals surface area (Å²) in [6, 6.07) is -0.646. The van der Waals surface area contributed by atoms with Crippen molar-refractivity contribution in [2.24, 2.45) is 5.29 Å². The highest BCUT2D eigenvalue weighted by Crippen LogP contribution is 2.03. The molecule has 0 aromatic heterocycles. The largest absolute Gasteiger partial charge is 0.343 e. The van der Waals surface area contributed by atoms with Crippen molar-refractivity contribution in [2.45, 2.75) is 6.92 Å². The van der Waals surface area contributed by atoms with Crippen LogP contribution in [0, 0.1) is 4.91 Å². The molecule has 8 nitrogen and oxygen atoms in total. The lowest BCUT2D eigenvalue weighted by molar-refractivity contribution is 0.161. The van der Waals surface area contributed by atoms with E-state index in [4.69, 9.17) is 11.6 Å². The predicted molar refractivity (Wildman–Crippen MR) is 73.3 cm³/mol. The number of urea groups is 1. The van der Waals surface area contributed by atoms with Gasteiger partial charge in [-0.05, 0) is 6.92 Å². The Morgan fingerprint density at radius 3 is 2.21 bits per heavy atom. The molecule has 0 rings (SSSR count). The van der Waals surface area contributed by atoms with Crippen LogP contribution in [0.5, 0.6) is 0 Å². The Balaban J connectivity index is 4.67. The first-order valence-electron chi connectivity index (χ1n) is 5.66. The molecule has 0 fully saturated rings. The number of sulfonamides is 1. The molecule has 0 radical (unpaired) electrons. The number of nitroso groups, excluding NO2 is 1. The van der Waals surface area contributed by atoms with Gasteiger partial charge >= 0.3 is 6.03 Å². The molecule has 0 bridgehead atoms. The molecule has 0 aromatic rings. The molecule has 2 amide bonds. The fourth-order valence-corrected chi connectivity index (χ4v) is 2.19. The summed E-state index contributed by atoms with van der Waals surface area (Å²) in [5, 5.41) is 3.25. The molecule has 19 heavy (non-hydrogen) atoms. The summed E-state index contributed by atoms with van der Waals surface area (Å²) in [4.78, 5) is 23.6.